The molecular formula is C15H12O8. The van der Waals surface area contributed by atoms with Crippen molar-refractivity contribution in [1.82, 2.24) is 0 Å². The maximum Gasteiger partial charge on any atom is 0.238 e. The Labute approximate surface area is 128 Å². The van der Waals surface area contributed by atoms with Crippen LogP contribution in [-0.4, -0.2) is 31.0 Å². The fourth-order valence-corrected chi connectivity index (χ4v) is 2.17. The summed E-state index contributed by atoms with van der Waals surface area (Å²) in [6.45, 7) is 0. The number of aromatic hydroxyl groups is 5. The van der Waals surface area contributed by atoms with E-state index in [2.05, 4.69) is 0 Å². The summed E-state index contributed by atoms with van der Waals surface area (Å²) in [5.41, 5.74) is -1.11. The van der Waals surface area contributed by atoms with Crippen LogP contribution in [0, 0.1) is 0 Å². The lowest BCUT2D eigenvalue weighted by molar-refractivity contribution is 0.433. The first-order chi connectivity index (χ1) is 10.4. The molecule has 0 aliphatic heterocycles. The summed E-state index contributed by atoms with van der Waals surface area (Å²) < 4.78 is 5.33. The van der Waals surface area contributed by atoms with Gasteiger partial charge in [0, 0.05) is 18.2 Å². The Morgan fingerprint density at radius 2 is 1.48 bits per heavy atom. The molecule has 2 aromatic carbocycles. The van der Waals surface area contributed by atoms with Crippen LogP contribution in [0.25, 0.3) is 22.3 Å². The van der Waals surface area contributed by atoms with Crippen molar-refractivity contribution >= 4 is 11.0 Å². The molecule has 0 saturated carbocycles. The van der Waals surface area contributed by atoms with Gasteiger partial charge in [-0.05, 0) is 12.1 Å². The number of rotatable bonds is 1. The van der Waals surface area contributed by atoms with Crippen molar-refractivity contribution in [3.63, 3.8) is 0 Å². The molecule has 23 heavy (non-hydrogen) atoms. The highest BCUT2D eigenvalue weighted by molar-refractivity contribution is 5.88. The molecule has 0 bridgehead atoms. The van der Waals surface area contributed by atoms with Gasteiger partial charge in [-0.15, -0.1) is 0 Å². The smallest absolute Gasteiger partial charge is 0.238 e. The fraction of sp³-hybridized carbons (Fsp3) is 0. The van der Waals surface area contributed by atoms with Gasteiger partial charge in [-0.2, -0.15) is 0 Å². The van der Waals surface area contributed by atoms with Gasteiger partial charge in [-0.3, -0.25) is 4.79 Å². The molecule has 0 aliphatic carbocycles. The van der Waals surface area contributed by atoms with Gasteiger partial charge in [0.2, 0.25) is 11.2 Å². The minimum atomic E-state index is -0.916. The summed E-state index contributed by atoms with van der Waals surface area (Å²) in [6.07, 6.45) is 0. The standard InChI is InChI=1S/C15H10O7.H2O/c16-6-1-2-8(9(18)3-6)15-14(21)13(20)12-10(19)4-7(17)5-11(12)22-15;/h1-5,16-19,21H;1H2. The Morgan fingerprint density at radius 1 is 0.826 bits per heavy atom. The highest BCUT2D eigenvalue weighted by Gasteiger charge is 2.20. The minimum absolute atomic E-state index is 0. The number of phenols is 4. The van der Waals surface area contributed by atoms with Gasteiger partial charge in [-0.1, -0.05) is 0 Å². The van der Waals surface area contributed by atoms with Gasteiger partial charge in [0.05, 0.1) is 5.56 Å². The molecule has 8 nitrogen and oxygen atoms in total. The topological polar surface area (TPSA) is 163 Å². The van der Waals surface area contributed by atoms with E-state index in [1.54, 1.807) is 0 Å². The van der Waals surface area contributed by atoms with Crippen molar-refractivity contribution < 1.29 is 35.4 Å². The summed E-state index contributed by atoms with van der Waals surface area (Å²) in [5.74, 6) is -2.66. The van der Waals surface area contributed by atoms with Crippen LogP contribution in [0.1, 0.15) is 0 Å². The molecule has 8 heteroatoms. The number of hydrogen-bond donors (Lipinski definition) is 5. The van der Waals surface area contributed by atoms with E-state index in [0.717, 1.165) is 18.2 Å². The van der Waals surface area contributed by atoms with Crippen molar-refractivity contribution in [1.29, 1.82) is 0 Å². The third-order valence-electron chi connectivity index (χ3n) is 3.16. The van der Waals surface area contributed by atoms with E-state index in [1.165, 1.54) is 12.1 Å². The van der Waals surface area contributed by atoms with Crippen LogP contribution in [0.2, 0.25) is 0 Å². The maximum atomic E-state index is 12.2. The van der Waals surface area contributed by atoms with Crippen LogP contribution in [0.5, 0.6) is 28.7 Å². The van der Waals surface area contributed by atoms with Crippen molar-refractivity contribution in [3.05, 3.63) is 40.6 Å². The Balaban J connectivity index is 0.00000192. The monoisotopic (exact) mass is 320 g/mol. The molecule has 1 aromatic heterocycles. The molecule has 7 N–H and O–H groups in total. The first-order valence-corrected chi connectivity index (χ1v) is 6.12. The number of phenolic OH excluding ortho intramolecular Hbond substituents is 4. The second-order valence-corrected chi connectivity index (χ2v) is 4.65. The van der Waals surface area contributed by atoms with E-state index in [1.807, 2.05) is 0 Å². The van der Waals surface area contributed by atoms with E-state index in [9.17, 15) is 30.3 Å². The quantitative estimate of drug-likeness (QED) is 0.449. The van der Waals surface area contributed by atoms with Crippen molar-refractivity contribution in [3.8, 4) is 40.1 Å². The molecule has 3 aromatic rings. The van der Waals surface area contributed by atoms with Crippen LogP contribution in [0.3, 0.4) is 0 Å². The molecule has 3 rings (SSSR count). The Bertz CT molecular complexity index is 958. The normalized spacial score (nSPS) is 10.4. The van der Waals surface area contributed by atoms with Crippen LogP contribution in [0.4, 0.5) is 0 Å². The Morgan fingerprint density at radius 3 is 2.13 bits per heavy atom. The third-order valence-corrected chi connectivity index (χ3v) is 3.16. The van der Waals surface area contributed by atoms with E-state index >= 15 is 0 Å². The third kappa shape index (κ3) is 2.47. The van der Waals surface area contributed by atoms with Gasteiger partial charge < -0.3 is 35.4 Å². The predicted molar refractivity (Wildman–Crippen MR) is 79.9 cm³/mol. The summed E-state index contributed by atoms with van der Waals surface area (Å²) in [5, 5.41) is 47.9. The summed E-state index contributed by atoms with van der Waals surface area (Å²) in [7, 11) is 0. The van der Waals surface area contributed by atoms with Crippen LogP contribution in [0.15, 0.2) is 39.5 Å². The first kappa shape index (κ1) is 16.0. The molecule has 0 unspecified atom stereocenters. The zero-order valence-corrected chi connectivity index (χ0v) is 11.4. The largest absolute Gasteiger partial charge is 0.508 e. The molecule has 1 heterocycles. The maximum absolute atomic E-state index is 12.2. The summed E-state index contributed by atoms with van der Waals surface area (Å²) >= 11 is 0. The first-order valence-electron chi connectivity index (χ1n) is 6.12. The van der Waals surface area contributed by atoms with E-state index < -0.39 is 22.7 Å². The lowest BCUT2D eigenvalue weighted by Crippen LogP contribution is -2.03. The van der Waals surface area contributed by atoms with Crippen molar-refractivity contribution in [2.75, 3.05) is 0 Å². The molecule has 0 fully saturated rings. The Hall–Kier alpha value is -3.39. The van der Waals surface area contributed by atoms with Gasteiger partial charge in [0.15, 0.2) is 5.76 Å². The summed E-state index contributed by atoms with van der Waals surface area (Å²) in [6, 6.07) is 5.53. The molecule has 0 atom stereocenters. The van der Waals surface area contributed by atoms with Crippen LogP contribution in [-0.2, 0) is 0 Å². The molecule has 0 spiro atoms. The lowest BCUT2D eigenvalue weighted by Gasteiger charge is -2.09. The van der Waals surface area contributed by atoms with E-state index in [4.69, 9.17) is 4.42 Å². The molecule has 0 amide bonds. The fourth-order valence-electron chi connectivity index (χ4n) is 2.17. The van der Waals surface area contributed by atoms with Crippen LogP contribution >= 0.6 is 0 Å². The van der Waals surface area contributed by atoms with E-state index in [-0.39, 0.29) is 39.3 Å². The molecule has 0 saturated heterocycles. The van der Waals surface area contributed by atoms with Crippen molar-refractivity contribution in [2.45, 2.75) is 0 Å². The average molecular weight is 320 g/mol. The van der Waals surface area contributed by atoms with Gasteiger partial charge in [0.1, 0.15) is 34.0 Å². The lowest BCUT2D eigenvalue weighted by atomic mass is 10.1. The second kappa shape index (κ2) is 5.43. The number of fused-ring (bicyclic) bond motifs is 1. The van der Waals surface area contributed by atoms with Gasteiger partial charge in [-0.25, -0.2) is 0 Å². The zero-order valence-electron chi connectivity index (χ0n) is 11.4. The highest BCUT2D eigenvalue weighted by Crippen LogP contribution is 2.39. The Kier molecular flexibility index (Phi) is 3.77. The predicted octanol–water partition coefficient (Wildman–Crippen LogP) is 1.16. The second-order valence-electron chi connectivity index (χ2n) is 4.65. The van der Waals surface area contributed by atoms with E-state index in [0.29, 0.717) is 0 Å². The summed E-state index contributed by atoms with van der Waals surface area (Å²) in [4.78, 5) is 12.2. The SMILES string of the molecule is O.O=c1c(O)c(-c2ccc(O)cc2O)oc2cc(O)cc(O)c12. The molecule has 0 radical (unpaired) electrons. The van der Waals surface area contributed by atoms with Crippen LogP contribution < -0.4 is 5.43 Å². The molecule has 120 valence electrons. The number of benzene rings is 2. The minimum Gasteiger partial charge on any atom is -0.508 e. The number of hydrogen-bond acceptors (Lipinski definition) is 7. The average Bonchev–Trinajstić information content (AvgIpc) is 2.42. The molecular weight excluding hydrogens is 308 g/mol. The van der Waals surface area contributed by atoms with Gasteiger partial charge >= 0.3 is 0 Å². The zero-order chi connectivity index (χ0) is 16.0. The van der Waals surface area contributed by atoms with Crippen molar-refractivity contribution in [2.24, 2.45) is 0 Å². The van der Waals surface area contributed by atoms with Gasteiger partial charge in [0.25, 0.3) is 0 Å². The highest BCUT2D eigenvalue weighted by atomic mass is 16.4. The molecule has 0 aliphatic rings.